The second kappa shape index (κ2) is 11.7. The fourth-order valence-electron chi connectivity index (χ4n) is 7.81. The number of unbranched alkanes of at least 4 members (excludes halogenated alkanes) is 2. The lowest BCUT2D eigenvalue weighted by Crippen LogP contribution is -2.39. The van der Waals surface area contributed by atoms with Crippen molar-refractivity contribution in [2.24, 2.45) is 5.92 Å². The van der Waals surface area contributed by atoms with Crippen LogP contribution in [0.5, 0.6) is 0 Å². The Labute approximate surface area is 267 Å². The lowest BCUT2D eigenvalue weighted by atomic mass is 9.58. The Hall–Kier alpha value is -3.64. The molecule has 226 valence electrons. The van der Waals surface area contributed by atoms with Gasteiger partial charge in [-0.1, -0.05) is 176 Å². The molecule has 0 saturated carbocycles. The molecule has 4 aromatic rings. The first-order chi connectivity index (χ1) is 21.0. The minimum atomic E-state index is -0.367. The molecule has 0 fully saturated rings. The van der Waals surface area contributed by atoms with Crippen LogP contribution in [0, 0.1) is 5.92 Å². The molecular weight excluding hydrogens is 528 g/mol. The first-order valence-electron chi connectivity index (χ1n) is 16.9. The zero-order valence-corrected chi connectivity index (χ0v) is 28.0. The van der Waals surface area contributed by atoms with Crippen molar-refractivity contribution in [1.29, 1.82) is 0 Å². The van der Waals surface area contributed by atoms with E-state index in [9.17, 15) is 0 Å². The summed E-state index contributed by atoms with van der Waals surface area (Å²) in [5.74, 6) is 0.213. The molecular formula is C44H50. The Morgan fingerprint density at radius 3 is 1.89 bits per heavy atom. The molecule has 0 nitrogen and oxygen atoms in total. The molecule has 0 N–H and O–H groups in total. The molecule has 0 spiro atoms. The Balaban J connectivity index is 1.68. The Bertz CT molecular complexity index is 1640. The summed E-state index contributed by atoms with van der Waals surface area (Å²) in [4.78, 5) is 0. The highest BCUT2D eigenvalue weighted by Gasteiger charge is 2.47. The van der Waals surface area contributed by atoms with E-state index in [1.54, 1.807) is 0 Å². The number of fused-ring (bicyclic) bond motifs is 3. The van der Waals surface area contributed by atoms with E-state index in [2.05, 4.69) is 158 Å². The van der Waals surface area contributed by atoms with Gasteiger partial charge in [0.15, 0.2) is 0 Å². The third-order valence-corrected chi connectivity index (χ3v) is 10.1. The highest BCUT2D eigenvalue weighted by atomic mass is 14.5. The molecule has 0 heterocycles. The van der Waals surface area contributed by atoms with Crippen molar-refractivity contribution in [2.75, 3.05) is 0 Å². The van der Waals surface area contributed by atoms with Crippen LogP contribution < -0.4 is 0 Å². The van der Waals surface area contributed by atoms with Gasteiger partial charge in [0.1, 0.15) is 0 Å². The molecule has 44 heavy (non-hydrogen) atoms. The average molecular weight is 579 g/mol. The predicted molar refractivity (Wildman–Crippen MR) is 190 cm³/mol. The Kier molecular flexibility index (Phi) is 8.08. The van der Waals surface area contributed by atoms with Crippen LogP contribution in [0.3, 0.4) is 0 Å². The minimum absolute atomic E-state index is 0.0273. The smallest absolute Gasteiger partial charge is 0.0554 e. The third kappa shape index (κ3) is 5.32. The molecule has 6 rings (SSSR count). The van der Waals surface area contributed by atoms with E-state index < -0.39 is 0 Å². The summed E-state index contributed by atoms with van der Waals surface area (Å²) in [6.45, 7) is 16.5. The first kappa shape index (κ1) is 30.4. The van der Waals surface area contributed by atoms with Crippen LogP contribution in [0.15, 0.2) is 115 Å². The normalized spacial score (nSPS) is 16.2. The van der Waals surface area contributed by atoms with Crippen LogP contribution in [0.1, 0.15) is 113 Å². The van der Waals surface area contributed by atoms with Crippen molar-refractivity contribution in [3.8, 4) is 11.1 Å². The van der Waals surface area contributed by atoms with Crippen molar-refractivity contribution in [1.82, 2.24) is 0 Å². The molecule has 1 atom stereocenters. The summed E-state index contributed by atoms with van der Waals surface area (Å²) in [6, 6.07) is 35.0. The van der Waals surface area contributed by atoms with Gasteiger partial charge in [0, 0.05) is 5.92 Å². The maximum Gasteiger partial charge on any atom is 0.0554 e. The van der Waals surface area contributed by atoms with Gasteiger partial charge in [-0.15, -0.1) is 0 Å². The van der Waals surface area contributed by atoms with Gasteiger partial charge in [-0.2, -0.15) is 0 Å². The van der Waals surface area contributed by atoms with Crippen molar-refractivity contribution in [2.45, 2.75) is 96.8 Å². The van der Waals surface area contributed by atoms with Crippen LogP contribution in [0.2, 0.25) is 0 Å². The minimum Gasteiger partial charge on any atom is -0.0758 e. The standard InChI is InChI=1S/C44H50/c1-8-9-12-17-31-22-23-36(28-31)44(33-18-13-10-14-19-33,34-20-15-11-16-21-34)41-39-30-32-29-35(42(2,3)4)24-25-37(32)38(39)26-27-40(41)43(5,6)7/h10-11,13-16,18-29,36H,8-9,12,17,30H2,1-7H3. The molecule has 0 amide bonds. The Morgan fingerprint density at radius 2 is 1.30 bits per heavy atom. The first-order valence-corrected chi connectivity index (χ1v) is 16.9. The second-order valence-electron chi connectivity index (χ2n) is 15.2. The highest BCUT2D eigenvalue weighted by Crippen LogP contribution is 2.55. The van der Waals surface area contributed by atoms with E-state index >= 15 is 0 Å². The number of benzene rings is 4. The molecule has 0 saturated heterocycles. The van der Waals surface area contributed by atoms with Gasteiger partial charge >= 0.3 is 0 Å². The number of hydrogen-bond donors (Lipinski definition) is 0. The SMILES string of the molecule is CCCCCC1=CC(C(c2ccccc2)(c2ccccc2)c2c(C(C)(C)C)ccc3c2Cc2cc(C(C)(C)C)ccc2-3)C=C1. The van der Waals surface area contributed by atoms with Gasteiger partial charge in [0.25, 0.3) is 0 Å². The topological polar surface area (TPSA) is 0 Å². The highest BCUT2D eigenvalue weighted by molar-refractivity contribution is 5.81. The van der Waals surface area contributed by atoms with E-state index in [1.165, 1.54) is 74.9 Å². The van der Waals surface area contributed by atoms with E-state index in [0.29, 0.717) is 0 Å². The molecule has 2 aliphatic carbocycles. The van der Waals surface area contributed by atoms with E-state index in [4.69, 9.17) is 0 Å². The molecule has 0 radical (unpaired) electrons. The van der Waals surface area contributed by atoms with Gasteiger partial charge in [0.2, 0.25) is 0 Å². The number of hydrogen-bond acceptors (Lipinski definition) is 0. The van der Waals surface area contributed by atoms with Crippen molar-refractivity contribution < 1.29 is 0 Å². The van der Waals surface area contributed by atoms with Gasteiger partial charge in [-0.3, -0.25) is 0 Å². The predicted octanol–water partition coefficient (Wildman–Crippen LogP) is 11.9. The van der Waals surface area contributed by atoms with Gasteiger partial charge in [-0.25, -0.2) is 0 Å². The van der Waals surface area contributed by atoms with Crippen molar-refractivity contribution >= 4 is 0 Å². The molecule has 0 aromatic heterocycles. The van der Waals surface area contributed by atoms with Crippen LogP contribution in [-0.2, 0) is 22.7 Å². The van der Waals surface area contributed by atoms with Crippen LogP contribution in [0.25, 0.3) is 11.1 Å². The number of allylic oxidation sites excluding steroid dienone is 4. The Morgan fingerprint density at radius 1 is 0.659 bits per heavy atom. The van der Waals surface area contributed by atoms with Crippen LogP contribution in [0.4, 0.5) is 0 Å². The van der Waals surface area contributed by atoms with E-state index in [1.807, 2.05) is 0 Å². The van der Waals surface area contributed by atoms with Gasteiger partial charge in [0.05, 0.1) is 5.41 Å². The van der Waals surface area contributed by atoms with Gasteiger partial charge in [-0.05, 0) is 80.2 Å². The van der Waals surface area contributed by atoms with E-state index in [0.717, 1.165) is 12.8 Å². The lowest BCUT2D eigenvalue weighted by molar-refractivity contribution is 0.494. The van der Waals surface area contributed by atoms with E-state index in [-0.39, 0.29) is 22.2 Å². The maximum atomic E-state index is 2.61. The summed E-state index contributed by atoms with van der Waals surface area (Å²) in [5.41, 5.74) is 14.1. The molecule has 1 unspecified atom stereocenters. The maximum absolute atomic E-state index is 2.61. The summed E-state index contributed by atoms with van der Waals surface area (Å²) in [7, 11) is 0. The molecule has 2 aliphatic rings. The second-order valence-corrected chi connectivity index (χ2v) is 15.2. The average Bonchev–Trinajstić information content (AvgIpc) is 3.63. The molecule has 0 aliphatic heterocycles. The fourth-order valence-corrected chi connectivity index (χ4v) is 7.81. The van der Waals surface area contributed by atoms with Crippen molar-refractivity contribution in [3.63, 3.8) is 0 Å². The third-order valence-electron chi connectivity index (χ3n) is 10.1. The molecule has 0 heteroatoms. The number of rotatable bonds is 8. The summed E-state index contributed by atoms with van der Waals surface area (Å²) >= 11 is 0. The lowest BCUT2D eigenvalue weighted by Gasteiger charge is -2.44. The quantitative estimate of drug-likeness (QED) is 0.127. The van der Waals surface area contributed by atoms with Crippen LogP contribution >= 0.6 is 0 Å². The molecule has 0 bridgehead atoms. The fraction of sp³-hybridized carbons (Fsp3) is 0.364. The summed E-state index contributed by atoms with van der Waals surface area (Å²) in [5, 5.41) is 0. The molecule has 4 aromatic carbocycles. The zero-order valence-electron chi connectivity index (χ0n) is 28.0. The zero-order chi connectivity index (χ0) is 31.1. The summed E-state index contributed by atoms with van der Waals surface area (Å²) < 4.78 is 0. The monoisotopic (exact) mass is 578 g/mol. The largest absolute Gasteiger partial charge is 0.0758 e. The van der Waals surface area contributed by atoms with Crippen molar-refractivity contribution in [3.05, 3.63) is 154 Å². The van der Waals surface area contributed by atoms with Gasteiger partial charge < -0.3 is 0 Å². The summed E-state index contributed by atoms with van der Waals surface area (Å²) in [6.07, 6.45) is 13.5. The van der Waals surface area contributed by atoms with Crippen LogP contribution in [-0.4, -0.2) is 0 Å².